The van der Waals surface area contributed by atoms with Crippen molar-refractivity contribution in [3.63, 3.8) is 0 Å². The highest BCUT2D eigenvalue weighted by Gasteiger charge is 2.34. The lowest BCUT2D eigenvalue weighted by molar-refractivity contribution is -0.142. The SMILES string of the molecule is COC(=O)[C@H](N)Cc1cn(C(=O)C(C)(C)NC(=O)OC(C)(C)C)c2ccccc12. The molecule has 0 unspecified atom stereocenters. The number of nitrogens with one attached hydrogen (secondary N) is 1. The van der Waals surface area contributed by atoms with E-state index in [0.717, 1.165) is 10.9 Å². The van der Waals surface area contributed by atoms with Gasteiger partial charge in [0.1, 0.15) is 17.2 Å². The lowest BCUT2D eigenvalue weighted by atomic mass is 10.0. The Balaban J connectivity index is 2.36. The first-order chi connectivity index (χ1) is 13.4. The van der Waals surface area contributed by atoms with Crippen LogP contribution in [0.25, 0.3) is 10.9 Å². The Morgan fingerprint density at radius 3 is 2.34 bits per heavy atom. The smallest absolute Gasteiger partial charge is 0.408 e. The number of aromatic nitrogens is 1. The molecule has 8 heteroatoms. The second-order valence-corrected chi connectivity index (χ2v) is 8.43. The van der Waals surface area contributed by atoms with E-state index in [0.29, 0.717) is 5.52 Å². The van der Waals surface area contributed by atoms with Crippen LogP contribution in [0.1, 0.15) is 45.0 Å². The fourth-order valence-electron chi connectivity index (χ4n) is 2.97. The predicted molar refractivity (Wildman–Crippen MR) is 110 cm³/mol. The lowest BCUT2D eigenvalue weighted by Gasteiger charge is -2.27. The summed E-state index contributed by atoms with van der Waals surface area (Å²) in [5.74, 6) is -0.877. The monoisotopic (exact) mass is 403 g/mol. The van der Waals surface area contributed by atoms with E-state index in [-0.39, 0.29) is 12.3 Å². The maximum Gasteiger partial charge on any atom is 0.408 e. The van der Waals surface area contributed by atoms with Crippen LogP contribution >= 0.6 is 0 Å². The molecule has 158 valence electrons. The standard InChI is InChI=1S/C21H29N3O5/c1-20(2,3)29-19(27)23-21(4,5)18(26)24-12-13(11-15(22)17(25)28-6)14-9-7-8-10-16(14)24/h7-10,12,15H,11,22H2,1-6H3,(H,23,27)/t15-/m1/s1. The third-order valence-electron chi connectivity index (χ3n) is 4.31. The van der Waals surface area contributed by atoms with Crippen molar-refractivity contribution in [1.82, 2.24) is 9.88 Å². The van der Waals surface area contributed by atoms with Gasteiger partial charge >= 0.3 is 12.1 Å². The van der Waals surface area contributed by atoms with E-state index in [9.17, 15) is 14.4 Å². The maximum atomic E-state index is 13.2. The van der Waals surface area contributed by atoms with Gasteiger partial charge in [0, 0.05) is 18.0 Å². The molecule has 1 aromatic heterocycles. The average Bonchev–Trinajstić information content (AvgIpc) is 2.96. The minimum absolute atomic E-state index is 0.216. The van der Waals surface area contributed by atoms with E-state index in [1.807, 2.05) is 18.2 Å². The van der Waals surface area contributed by atoms with Crippen LogP contribution in [0.2, 0.25) is 0 Å². The third kappa shape index (κ3) is 5.35. The van der Waals surface area contributed by atoms with Crippen molar-refractivity contribution in [3.05, 3.63) is 36.0 Å². The molecule has 0 bridgehead atoms. The molecule has 1 heterocycles. The molecule has 2 aromatic rings. The number of alkyl carbamates (subject to hydrolysis) is 1. The van der Waals surface area contributed by atoms with Gasteiger partial charge in [0.25, 0.3) is 5.91 Å². The summed E-state index contributed by atoms with van der Waals surface area (Å²) in [6.45, 7) is 8.45. The molecule has 3 N–H and O–H groups in total. The van der Waals surface area contributed by atoms with Crippen LogP contribution in [-0.2, 0) is 20.7 Å². The van der Waals surface area contributed by atoms with Gasteiger partial charge in [0.05, 0.1) is 12.6 Å². The number of hydrogen-bond acceptors (Lipinski definition) is 6. The third-order valence-corrected chi connectivity index (χ3v) is 4.31. The van der Waals surface area contributed by atoms with E-state index in [1.54, 1.807) is 46.9 Å². The van der Waals surface area contributed by atoms with Crippen LogP contribution in [0, 0.1) is 0 Å². The quantitative estimate of drug-likeness (QED) is 0.742. The van der Waals surface area contributed by atoms with Gasteiger partial charge in [0.15, 0.2) is 0 Å². The number of para-hydroxylation sites is 1. The zero-order chi connectivity index (χ0) is 22.0. The Kier molecular flexibility index (Phi) is 6.37. The van der Waals surface area contributed by atoms with Gasteiger partial charge in [-0.25, -0.2) is 4.79 Å². The number of esters is 1. The van der Waals surface area contributed by atoms with Crippen LogP contribution in [-0.4, -0.2) is 46.8 Å². The molecule has 0 radical (unpaired) electrons. The highest BCUT2D eigenvalue weighted by atomic mass is 16.6. The Labute approximate surface area is 170 Å². The number of hydrogen-bond donors (Lipinski definition) is 2. The van der Waals surface area contributed by atoms with Crippen molar-refractivity contribution in [1.29, 1.82) is 0 Å². The predicted octanol–water partition coefficient (Wildman–Crippen LogP) is 2.63. The van der Waals surface area contributed by atoms with E-state index in [4.69, 9.17) is 10.5 Å². The van der Waals surface area contributed by atoms with Crippen LogP contribution in [0.5, 0.6) is 0 Å². The number of benzene rings is 1. The average molecular weight is 403 g/mol. The van der Waals surface area contributed by atoms with Gasteiger partial charge in [-0.15, -0.1) is 0 Å². The Hall–Kier alpha value is -2.87. The minimum atomic E-state index is -1.23. The van der Waals surface area contributed by atoms with Gasteiger partial charge < -0.3 is 20.5 Å². The summed E-state index contributed by atoms with van der Waals surface area (Å²) in [7, 11) is 1.28. The summed E-state index contributed by atoms with van der Waals surface area (Å²) < 4.78 is 11.4. The number of fused-ring (bicyclic) bond motifs is 1. The van der Waals surface area contributed by atoms with Gasteiger partial charge in [-0.3, -0.25) is 14.2 Å². The summed E-state index contributed by atoms with van der Waals surface area (Å²) in [5.41, 5.74) is 5.39. The number of rotatable bonds is 5. The first-order valence-corrected chi connectivity index (χ1v) is 9.34. The number of ether oxygens (including phenoxy) is 2. The van der Waals surface area contributed by atoms with Crippen molar-refractivity contribution < 1.29 is 23.9 Å². The number of nitrogens with two attached hydrogens (primary N) is 1. The summed E-state index contributed by atoms with van der Waals surface area (Å²) >= 11 is 0. The lowest BCUT2D eigenvalue weighted by Crippen LogP contribution is -2.52. The molecule has 1 aromatic carbocycles. The number of nitrogens with zero attached hydrogens (tertiary/aromatic N) is 1. The molecule has 0 saturated heterocycles. The van der Waals surface area contributed by atoms with Crippen molar-refractivity contribution >= 4 is 28.9 Å². The highest BCUT2D eigenvalue weighted by molar-refractivity contribution is 5.99. The normalized spacial score (nSPS) is 13.1. The maximum absolute atomic E-state index is 13.2. The fourth-order valence-corrected chi connectivity index (χ4v) is 2.97. The first kappa shape index (κ1) is 22.4. The summed E-state index contributed by atoms with van der Waals surface area (Å²) in [4.78, 5) is 37.1. The van der Waals surface area contributed by atoms with E-state index >= 15 is 0 Å². The molecule has 29 heavy (non-hydrogen) atoms. The van der Waals surface area contributed by atoms with Crippen LogP contribution in [0.4, 0.5) is 4.79 Å². The number of carbonyl (C=O) groups excluding carboxylic acids is 3. The molecule has 0 saturated carbocycles. The molecule has 1 amide bonds. The second-order valence-electron chi connectivity index (χ2n) is 8.43. The number of amides is 1. The van der Waals surface area contributed by atoms with E-state index < -0.39 is 29.2 Å². The van der Waals surface area contributed by atoms with Crippen molar-refractivity contribution in [2.45, 2.75) is 58.2 Å². The van der Waals surface area contributed by atoms with Crippen LogP contribution in [0.15, 0.2) is 30.5 Å². The molecular weight excluding hydrogens is 374 g/mol. The molecule has 2 rings (SSSR count). The molecule has 0 aliphatic heterocycles. The van der Waals surface area contributed by atoms with Crippen LogP contribution in [0.3, 0.4) is 0 Å². The van der Waals surface area contributed by atoms with Crippen molar-refractivity contribution in [2.75, 3.05) is 7.11 Å². The van der Waals surface area contributed by atoms with Gasteiger partial charge in [-0.2, -0.15) is 0 Å². The molecule has 0 aliphatic carbocycles. The highest BCUT2D eigenvalue weighted by Crippen LogP contribution is 2.24. The zero-order valence-corrected chi connectivity index (χ0v) is 17.7. The van der Waals surface area contributed by atoms with E-state index in [1.165, 1.54) is 11.7 Å². The first-order valence-electron chi connectivity index (χ1n) is 9.34. The molecular formula is C21H29N3O5. The molecule has 8 nitrogen and oxygen atoms in total. The summed E-state index contributed by atoms with van der Waals surface area (Å²) in [6, 6.07) is 6.46. The molecule has 0 aliphatic rings. The Morgan fingerprint density at radius 1 is 1.14 bits per heavy atom. The molecule has 0 spiro atoms. The second kappa shape index (κ2) is 8.24. The Morgan fingerprint density at radius 2 is 1.76 bits per heavy atom. The van der Waals surface area contributed by atoms with Crippen molar-refractivity contribution in [3.8, 4) is 0 Å². The molecule has 0 fully saturated rings. The summed E-state index contributed by atoms with van der Waals surface area (Å²) in [5, 5.41) is 3.42. The largest absolute Gasteiger partial charge is 0.468 e. The van der Waals surface area contributed by atoms with Gasteiger partial charge in [0.2, 0.25) is 0 Å². The number of carbonyl (C=O) groups is 3. The van der Waals surface area contributed by atoms with Crippen molar-refractivity contribution in [2.24, 2.45) is 5.73 Å². The number of methoxy groups -OCH3 is 1. The fraction of sp³-hybridized carbons (Fsp3) is 0.476. The summed E-state index contributed by atoms with van der Waals surface area (Å²) in [6.07, 6.45) is 1.18. The van der Waals surface area contributed by atoms with Gasteiger partial charge in [-0.05, 0) is 46.2 Å². The van der Waals surface area contributed by atoms with Crippen LogP contribution < -0.4 is 11.1 Å². The molecule has 1 atom stereocenters. The zero-order valence-electron chi connectivity index (χ0n) is 17.7. The minimum Gasteiger partial charge on any atom is -0.468 e. The van der Waals surface area contributed by atoms with E-state index in [2.05, 4.69) is 10.1 Å². The Bertz CT molecular complexity index is 924. The van der Waals surface area contributed by atoms with Gasteiger partial charge in [-0.1, -0.05) is 18.2 Å². The topological polar surface area (TPSA) is 113 Å².